The van der Waals surface area contributed by atoms with Gasteiger partial charge >= 0.3 is 0 Å². The van der Waals surface area contributed by atoms with E-state index >= 15 is 0 Å². The summed E-state index contributed by atoms with van der Waals surface area (Å²) in [7, 11) is -0.0741. The van der Waals surface area contributed by atoms with Crippen molar-refractivity contribution >= 4 is 8.46 Å². The lowest BCUT2D eigenvalue weighted by atomic mass is 10.1. The van der Waals surface area contributed by atoms with E-state index in [-0.39, 0.29) is 8.46 Å². The van der Waals surface area contributed by atoms with Gasteiger partial charge < -0.3 is 0 Å². The largest absolute Gasteiger partial charge is 0.273 e. The molecule has 0 radical (unpaired) electrons. The molecule has 0 spiro atoms. The minimum Gasteiger partial charge on any atom is -0.273 e. The maximum atomic E-state index is 10.2. The highest BCUT2D eigenvalue weighted by Gasteiger charge is 2.20. The third-order valence-electron chi connectivity index (χ3n) is 1.13. The third kappa shape index (κ3) is 1.60. The van der Waals surface area contributed by atoms with Crippen LogP contribution in [0.15, 0.2) is 0 Å². The van der Waals surface area contributed by atoms with Gasteiger partial charge in [0.25, 0.3) is 0 Å². The molecule has 0 aromatic rings. The van der Waals surface area contributed by atoms with E-state index in [1.165, 1.54) is 0 Å². The minimum atomic E-state index is -0.653. The minimum absolute atomic E-state index is 0.0741. The topological polar surface area (TPSA) is 40.9 Å². The van der Waals surface area contributed by atoms with Crippen LogP contribution in [-0.2, 0) is 4.57 Å². The van der Waals surface area contributed by atoms with Crippen molar-refractivity contribution in [1.82, 2.24) is 0 Å². The molecule has 1 unspecified atom stereocenters. The zero-order valence-corrected chi connectivity index (χ0v) is 5.90. The van der Waals surface area contributed by atoms with Gasteiger partial charge in [-0.2, -0.15) is 5.26 Å². The fourth-order valence-electron chi connectivity index (χ4n) is 0.164. The predicted octanol–water partition coefficient (Wildman–Crippen LogP) is 1.97. The smallest absolute Gasteiger partial charge is 0.177 e. The van der Waals surface area contributed by atoms with Gasteiger partial charge in [-0.25, -0.2) is 0 Å². The summed E-state index contributed by atoms with van der Waals surface area (Å²) in [6.07, 6.45) is 0.633. The highest BCUT2D eigenvalue weighted by Crippen LogP contribution is 2.24. The standard InChI is InChI=1S/C5H8NOP/c1-3-5(2,4-6)8-7/h3H2,1-2H3. The second-order valence-electron chi connectivity index (χ2n) is 1.83. The molecule has 1 atom stereocenters. The monoisotopic (exact) mass is 129 g/mol. The molecule has 0 bridgehead atoms. The molecule has 0 saturated carbocycles. The number of hydrogen-bond donors (Lipinski definition) is 0. The molecule has 0 amide bonds. The Hall–Kier alpha value is -0.410. The molecule has 2 nitrogen and oxygen atoms in total. The average molecular weight is 129 g/mol. The van der Waals surface area contributed by atoms with Crippen LogP contribution in [0, 0.1) is 11.3 Å². The van der Waals surface area contributed by atoms with E-state index in [0.29, 0.717) is 6.42 Å². The van der Waals surface area contributed by atoms with E-state index in [9.17, 15) is 4.57 Å². The van der Waals surface area contributed by atoms with E-state index in [1.54, 1.807) is 6.92 Å². The number of nitriles is 1. The lowest BCUT2D eigenvalue weighted by Gasteiger charge is -2.05. The van der Waals surface area contributed by atoms with E-state index in [4.69, 9.17) is 5.26 Å². The summed E-state index contributed by atoms with van der Waals surface area (Å²) < 4.78 is 10.2. The zero-order valence-electron chi connectivity index (χ0n) is 5.01. The van der Waals surface area contributed by atoms with Crippen LogP contribution in [-0.4, -0.2) is 5.16 Å². The van der Waals surface area contributed by atoms with Crippen molar-refractivity contribution in [3.63, 3.8) is 0 Å². The Labute approximate surface area is 50.7 Å². The first kappa shape index (κ1) is 7.59. The molecule has 0 saturated heterocycles. The first-order valence-corrected chi connectivity index (χ1v) is 3.25. The van der Waals surface area contributed by atoms with Crippen LogP contribution in [0.5, 0.6) is 0 Å². The summed E-state index contributed by atoms with van der Waals surface area (Å²) in [5, 5.41) is 7.68. The summed E-state index contributed by atoms with van der Waals surface area (Å²) in [6, 6.07) is 1.95. The van der Waals surface area contributed by atoms with Gasteiger partial charge in [-0.1, -0.05) is 6.92 Å². The van der Waals surface area contributed by atoms with Gasteiger partial charge in [-0.15, -0.1) is 0 Å². The van der Waals surface area contributed by atoms with Gasteiger partial charge in [0.1, 0.15) is 5.16 Å². The summed E-state index contributed by atoms with van der Waals surface area (Å²) in [4.78, 5) is 0. The van der Waals surface area contributed by atoms with Crippen LogP contribution >= 0.6 is 8.46 Å². The maximum Gasteiger partial charge on any atom is 0.177 e. The van der Waals surface area contributed by atoms with Crippen LogP contribution < -0.4 is 0 Å². The Morgan fingerprint density at radius 3 is 2.38 bits per heavy atom. The molecule has 0 aliphatic carbocycles. The molecule has 0 aromatic carbocycles. The maximum absolute atomic E-state index is 10.2. The van der Waals surface area contributed by atoms with Crippen molar-refractivity contribution in [3.8, 4) is 6.07 Å². The highest BCUT2D eigenvalue weighted by atomic mass is 31.1. The molecular formula is C5H8NOP. The lowest BCUT2D eigenvalue weighted by molar-refractivity contribution is 0.579. The van der Waals surface area contributed by atoms with Gasteiger partial charge in [0.15, 0.2) is 8.46 Å². The van der Waals surface area contributed by atoms with Crippen molar-refractivity contribution in [2.45, 2.75) is 25.4 Å². The number of rotatable bonds is 2. The van der Waals surface area contributed by atoms with Crippen LogP contribution in [0.2, 0.25) is 0 Å². The SMILES string of the molecule is CCC(C)(C#N)P=O. The molecule has 0 rings (SSSR count). The first-order chi connectivity index (χ1) is 3.68. The molecular weight excluding hydrogens is 121 g/mol. The molecule has 0 N–H and O–H groups in total. The van der Waals surface area contributed by atoms with E-state index < -0.39 is 5.16 Å². The molecule has 0 aromatic heterocycles. The van der Waals surface area contributed by atoms with Crippen LogP contribution in [0.3, 0.4) is 0 Å². The average Bonchev–Trinajstić information content (AvgIpc) is 1.87. The molecule has 0 heterocycles. The Balaban J connectivity index is 4.03. The lowest BCUT2D eigenvalue weighted by Crippen LogP contribution is -2.09. The van der Waals surface area contributed by atoms with Gasteiger partial charge in [-0.05, 0) is 13.3 Å². The molecule has 0 aliphatic heterocycles. The predicted molar refractivity (Wildman–Crippen MR) is 31.9 cm³/mol. The number of nitrogens with zero attached hydrogens (tertiary/aromatic N) is 1. The Morgan fingerprint density at radius 1 is 1.88 bits per heavy atom. The quantitative estimate of drug-likeness (QED) is 0.535. The Morgan fingerprint density at radius 2 is 2.38 bits per heavy atom. The molecule has 8 heavy (non-hydrogen) atoms. The van der Waals surface area contributed by atoms with Gasteiger partial charge in [0.2, 0.25) is 0 Å². The summed E-state index contributed by atoms with van der Waals surface area (Å²) in [5.41, 5.74) is 0. The highest BCUT2D eigenvalue weighted by molar-refractivity contribution is 7.26. The second-order valence-corrected chi connectivity index (χ2v) is 3.00. The normalized spacial score (nSPS) is 17.1. The van der Waals surface area contributed by atoms with Gasteiger partial charge in [0, 0.05) is 0 Å². The first-order valence-electron chi connectivity index (χ1n) is 2.44. The molecule has 0 fully saturated rings. The molecule has 0 aliphatic rings. The zero-order chi connectivity index (χ0) is 6.62. The summed E-state index contributed by atoms with van der Waals surface area (Å²) in [5.74, 6) is 0. The molecule has 44 valence electrons. The van der Waals surface area contributed by atoms with Gasteiger partial charge in [0.05, 0.1) is 6.07 Å². The van der Waals surface area contributed by atoms with Crippen LogP contribution in [0.1, 0.15) is 20.3 Å². The van der Waals surface area contributed by atoms with Crippen LogP contribution in [0.25, 0.3) is 0 Å². The van der Waals surface area contributed by atoms with Crippen molar-refractivity contribution in [3.05, 3.63) is 0 Å². The Bertz CT molecular complexity index is 129. The second kappa shape index (κ2) is 2.79. The fraction of sp³-hybridized carbons (Fsp3) is 0.800. The van der Waals surface area contributed by atoms with Gasteiger partial charge in [-0.3, -0.25) is 4.57 Å². The van der Waals surface area contributed by atoms with Crippen molar-refractivity contribution in [1.29, 1.82) is 5.26 Å². The molecule has 3 heteroatoms. The third-order valence-corrected chi connectivity index (χ3v) is 1.95. The van der Waals surface area contributed by atoms with Crippen molar-refractivity contribution in [2.75, 3.05) is 0 Å². The Kier molecular flexibility index (Phi) is 2.65. The van der Waals surface area contributed by atoms with Crippen molar-refractivity contribution < 1.29 is 4.57 Å². The van der Waals surface area contributed by atoms with E-state index in [0.717, 1.165) is 0 Å². The summed E-state index contributed by atoms with van der Waals surface area (Å²) >= 11 is 0. The van der Waals surface area contributed by atoms with Crippen LogP contribution in [0.4, 0.5) is 0 Å². The fourth-order valence-corrected chi connectivity index (χ4v) is 0.334. The number of hydrogen-bond acceptors (Lipinski definition) is 2. The summed E-state index contributed by atoms with van der Waals surface area (Å²) in [6.45, 7) is 3.51. The van der Waals surface area contributed by atoms with Crippen molar-refractivity contribution in [2.24, 2.45) is 0 Å². The van der Waals surface area contributed by atoms with E-state index in [1.807, 2.05) is 13.0 Å². The van der Waals surface area contributed by atoms with E-state index in [2.05, 4.69) is 0 Å².